The largest absolute Gasteiger partial charge is 0.465 e. The number of amides is 1. The highest BCUT2D eigenvalue weighted by Gasteiger charge is 2.25. The zero-order valence-corrected chi connectivity index (χ0v) is 9.34. The van der Waals surface area contributed by atoms with Gasteiger partial charge in [-0.3, -0.25) is 0 Å². The molecule has 17 heavy (non-hydrogen) atoms. The fourth-order valence-electron chi connectivity index (χ4n) is 2.03. The zero-order chi connectivity index (χ0) is 12.3. The Hall–Kier alpha value is -1.84. The maximum Gasteiger partial charge on any atom is 0.407 e. The van der Waals surface area contributed by atoms with Crippen LogP contribution in [0.25, 0.3) is 6.08 Å². The summed E-state index contributed by atoms with van der Waals surface area (Å²) in [5.41, 5.74) is 0.878. The van der Waals surface area contributed by atoms with Gasteiger partial charge in [-0.15, -0.1) is 0 Å². The highest BCUT2D eigenvalue weighted by molar-refractivity contribution is 5.66. The van der Waals surface area contributed by atoms with Gasteiger partial charge in [0.2, 0.25) is 0 Å². The highest BCUT2D eigenvalue weighted by atomic mass is 19.1. The molecule has 1 heterocycles. The van der Waals surface area contributed by atoms with Crippen LogP contribution in [0.5, 0.6) is 0 Å². The van der Waals surface area contributed by atoms with Crippen molar-refractivity contribution in [1.82, 2.24) is 4.90 Å². The second-order valence-corrected chi connectivity index (χ2v) is 4.10. The molecule has 0 aromatic heterocycles. The first-order chi connectivity index (χ1) is 8.16. The SMILES string of the molecule is O=C(O)N1CCCC1C=Cc1ccc(F)cc1. The number of hydrogen-bond donors (Lipinski definition) is 1. The van der Waals surface area contributed by atoms with E-state index in [-0.39, 0.29) is 11.9 Å². The quantitative estimate of drug-likeness (QED) is 0.856. The van der Waals surface area contributed by atoms with Crippen LogP contribution in [0.1, 0.15) is 18.4 Å². The van der Waals surface area contributed by atoms with Crippen molar-refractivity contribution in [2.75, 3.05) is 6.54 Å². The van der Waals surface area contributed by atoms with E-state index >= 15 is 0 Å². The zero-order valence-electron chi connectivity index (χ0n) is 9.34. The standard InChI is InChI=1S/C13H14FNO2/c14-11-6-3-10(4-7-11)5-8-12-2-1-9-15(12)13(16)17/h3-8,12H,1-2,9H2,(H,16,17). The Morgan fingerprint density at radius 3 is 2.76 bits per heavy atom. The van der Waals surface area contributed by atoms with Gasteiger partial charge < -0.3 is 10.0 Å². The molecule has 1 unspecified atom stereocenters. The maximum absolute atomic E-state index is 12.7. The van der Waals surface area contributed by atoms with Gasteiger partial charge >= 0.3 is 6.09 Å². The molecule has 1 aromatic rings. The predicted octanol–water partition coefficient (Wildman–Crippen LogP) is 2.98. The first-order valence-corrected chi connectivity index (χ1v) is 5.60. The molecule has 1 amide bonds. The molecule has 1 fully saturated rings. The third-order valence-electron chi connectivity index (χ3n) is 2.93. The number of likely N-dealkylation sites (tertiary alicyclic amines) is 1. The topological polar surface area (TPSA) is 40.5 Å². The first kappa shape index (κ1) is 11.6. The second-order valence-electron chi connectivity index (χ2n) is 4.10. The van der Waals surface area contributed by atoms with Crippen molar-refractivity contribution < 1.29 is 14.3 Å². The number of halogens is 1. The molecule has 0 saturated carbocycles. The Balaban J connectivity index is 2.05. The van der Waals surface area contributed by atoms with Crippen LogP contribution in [0.15, 0.2) is 30.3 Å². The molecule has 1 atom stereocenters. The van der Waals surface area contributed by atoms with E-state index in [1.54, 1.807) is 12.1 Å². The van der Waals surface area contributed by atoms with E-state index in [0.29, 0.717) is 6.54 Å². The summed E-state index contributed by atoms with van der Waals surface area (Å²) in [6.07, 6.45) is 4.57. The Morgan fingerprint density at radius 2 is 2.12 bits per heavy atom. The summed E-state index contributed by atoms with van der Waals surface area (Å²) in [5, 5.41) is 8.96. The van der Waals surface area contributed by atoms with E-state index < -0.39 is 6.09 Å². The van der Waals surface area contributed by atoms with E-state index in [0.717, 1.165) is 18.4 Å². The van der Waals surface area contributed by atoms with Crippen LogP contribution in [0.3, 0.4) is 0 Å². The average Bonchev–Trinajstić information content (AvgIpc) is 2.76. The molecule has 90 valence electrons. The number of benzene rings is 1. The predicted molar refractivity (Wildman–Crippen MR) is 63.2 cm³/mol. The summed E-state index contributed by atoms with van der Waals surface area (Å²) in [7, 11) is 0. The van der Waals surface area contributed by atoms with Gasteiger partial charge in [-0.1, -0.05) is 24.3 Å². The van der Waals surface area contributed by atoms with E-state index in [9.17, 15) is 9.18 Å². The maximum atomic E-state index is 12.7. The molecule has 0 radical (unpaired) electrons. The summed E-state index contributed by atoms with van der Waals surface area (Å²) >= 11 is 0. The highest BCUT2D eigenvalue weighted by Crippen LogP contribution is 2.19. The lowest BCUT2D eigenvalue weighted by molar-refractivity contribution is 0.147. The van der Waals surface area contributed by atoms with E-state index in [1.807, 2.05) is 12.2 Å². The Bertz CT molecular complexity index is 428. The van der Waals surface area contributed by atoms with Crippen LogP contribution in [0.4, 0.5) is 9.18 Å². The van der Waals surface area contributed by atoms with Crippen molar-refractivity contribution in [1.29, 1.82) is 0 Å². The molecule has 3 nitrogen and oxygen atoms in total. The van der Waals surface area contributed by atoms with Crippen molar-refractivity contribution in [2.24, 2.45) is 0 Å². The molecular weight excluding hydrogens is 221 g/mol. The van der Waals surface area contributed by atoms with Gasteiger partial charge in [0.05, 0.1) is 6.04 Å². The second kappa shape index (κ2) is 4.99. The molecular formula is C13H14FNO2. The molecule has 0 bridgehead atoms. The van der Waals surface area contributed by atoms with E-state index in [4.69, 9.17) is 5.11 Å². The smallest absolute Gasteiger partial charge is 0.407 e. The monoisotopic (exact) mass is 235 g/mol. The van der Waals surface area contributed by atoms with Crippen LogP contribution < -0.4 is 0 Å². The van der Waals surface area contributed by atoms with Gasteiger partial charge in [0, 0.05) is 6.54 Å². The molecule has 1 N–H and O–H groups in total. The molecule has 4 heteroatoms. The van der Waals surface area contributed by atoms with Crippen LogP contribution >= 0.6 is 0 Å². The molecule has 2 rings (SSSR count). The molecule has 1 aliphatic rings. The summed E-state index contributed by atoms with van der Waals surface area (Å²) in [5.74, 6) is -0.268. The van der Waals surface area contributed by atoms with Crippen molar-refractivity contribution in [3.8, 4) is 0 Å². The van der Waals surface area contributed by atoms with E-state index in [1.165, 1.54) is 17.0 Å². The van der Waals surface area contributed by atoms with Gasteiger partial charge in [-0.2, -0.15) is 0 Å². The van der Waals surface area contributed by atoms with Gasteiger partial charge in [0.25, 0.3) is 0 Å². The average molecular weight is 235 g/mol. The third-order valence-corrected chi connectivity index (χ3v) is 2.93. The van der Waals surface area contributed by atoms with Crippen LogP contribution in [-0.4, -0.2) is 28.7 Å². The number of carbonyl (C=O) groups is 1. The van der Waals surface area contributed by atoms with Crippen molar-refractivity contribution in [2.45, 2.75) is 18.9 Å². The normalized spacial score (nSPS) is 20.1. The van der Waals surface area contributed by atoms with Crippen LogP contribution in [-0.2, 0) is 0 Å². The lowest BCUT2D eigenvalue weighted by Gasteiger charge is -2.17. The Kier molecular flexibility index (Phi) is 3.42. The Labute approximate surface area is 99.2 Å². The number of hydrogen-bond acceptors (Lipinski definition) is 1. The summed E-state index contributed by atoms with van der Waals surface area (Å²) < 4.78 is 12.7. The van der Waals surface area contributed by atoms with E-state index in [2.05, 4.69) is 0 Å². The number of carboxylic acid groups (broad SMARTS) is 1. The first-order valence-electron chi connectivity index (χ1n) is 5.60. The third kappa shape index (κ3) is 2.84. The minimum Gasteiger partial charge on any atom is -0.465 e. The molecule has 1 saturated heterocycles. The fraction of sp³-hybridized carbons (Fsp3) is 0.308. The van der Waals surface area contributed by atoms with Crippen LogP contribution in [0, 0.1) is 5.82 Å². The molecule has 0 aliphatic carbocycles. The van der Waals surface area contributed by atoms with Crippen molar-refractivity contribution >= 4 is 12.2 Å². The minimum absolute atomic E-state index is 0.0578. The lowest BCUT2D eigenvalue weighted by atomic mass is 10.1. The molecule has 0 spiro atoms. The van der Waals surface area contributed by atoms with Gasteiger partial charge in [-0.25, -0.2) is 9.18 Å². The Morgan fingerprint density at radius 1 is 1.41 bits per heavy atom. The van der Waals surface area contributed by atoms with Crippen molar-refractivity contribution in [3.05, 3.63) is 41.7 Å². The number of nitrogens with zero attached hydrogens (tertiary/aromatic N) is 1. The molecule has 1 aromatic carbocycles. The van der Waals surface area contributed by atoms with Crippen molar-refractivity contribution in [3.63, 3.8) is 0 Å². The van der Waals surface area contributed by atoms with Gasteiger partial charge in [0.15, 0.2) is 0 Å². The summed E-state index contributed by atoms with van der Waals surface area (Å²) in [6, 6.07) is 6.07. The minimum atomic E-state index is -0.878. The lowest BCUT2D eigenvalue weighted by Crippen LogP contribution is -2.32. The van der Waals surface area contributed by atoms with Gasteiger partial charge in [0.1, 0.15) is 5.82 Å². The van der Waals surface area contributed by atoms with Gasteiger partial charge in [-0.05, 0) is 30.5 Å². The van der Waals surface area contributed by atoms with Crippen LogP contribution in [0.2, 0.25) is 0 Å². The summed E-state index contributed by atoms with van der Waals surface area (Å²) in [6.45, 7) is 0.591. The fourth-order valence-corrected chi connectivity index (χ4v) is 2.03. The summed E-state index contributed by atoms with van der Waals surface area (Å²) in [4.78, 5) is 12.3. The number of rotatable bonds is 2. The molecule has 1 aliphatic heterocycles.